The summed E-state index contributed by atoms with van der Waals surface area (Å²) in [5.41, 5.74) is 0.140. The number of carbonyl (C=O) groups is 3. The van der Waals surface area contributed by atoms with Crippen LogP contribution in [0, 0.1) is 34.5 Å². The molecule has 0 unspecified atom stereocenters. The van der Waals surface area contributed by atoms with E-state index in [0.717, 1.165) is 37.5 Å². The topological polar surface area (TPSA) is 91.7 Å². The number of ketones is 2. The monoisotopic (exact) mass is 360 g/mol. The number of aldehydes is 1. The number of aliphatic hydroxyl groups is 2. The largest absolute Gasteiger partial charge is 0.393 e. The first kappa shape index (κ1) is 18.1. The molecule has 0 aromatic carbocycles. The fourth-order valence-electron chi connectivity index (χ4n) is 7.18. The molecular formula is C21H28O5. The summed E-state index contributed by atoms with van der Waals surface area (Å²) in [6.45, 7) is 1.63. The van der Waals surface area contributed by atoms with Gasteiger partial charge in [0.05, 0.1) is 6.10 Å². The van der Waals surface area contributed by atoms with Gasteiger partial charge in [-0.15, -0.1) is 0 Å². The van der Waals surface area contributed by atoms with E-state index in [1.54, 1.807) is 6.08 Å². The second kappa shape index (κ2) is 6.10. The lowest BCUT2D eigenvalue weighted by atomic mass is 9.45. The molecule has 7 atom stereocenters. The van der Waals surface area contributed by atoms with E-state index in [1.807, 2.05) is 0 Å². The molecule has 0 radical (unpaired) electrons. The molecule has 0 saturated heterocycles. The number of hydrogen-bond donors (Lipinski definition) is 2. The van der Waals surface area contributed by atoms with Crippen molar-refractivity contribution in [1.82, 2.24) is 0 Å². The highest BCUT2D eigenvalue weighted by molar-refractivity contribution is 5.91. The number of rotatable bonds is 3. The van der Waals surface area contributed by atoms with Crippen molar-refractivity contribution in [3.63, 3.8) is 0 Å². The van der Waals surface area contributed by atoms with Gasteiger partial charge in [0.2, 0.25) is 0 Å². The van der Waals surface area contributed by atoms with Crippen LogP contribution in [0.5, 0.6) is 0 Å². The van der Waals surface area contributed by atoms with E-state index in [4.69, 9.17) is 0 Å². The summed E-state index contributed by atoms with van der Waals surface area (Å²) in [5.74, 6) is -0.241. The Morgan fingerprint density at radius 1 is 1.31 bits per heavy atom. The maximum absolute atomic E-state index is 12.3. The molecule has 3 saturated carbocycles. The first-order valence-corrected chi connectivity index (χ1v) is 9.89. The number of fused-ring (bicyclic) bond motifs is 5. The van der Waals surface area contributed by atoms with Crippen molar-refractivity contribution in [2.24, 2.45) is 34.5 Å². The molecule has 26 heavy (non-hydrogen) atoms. The second-order valence-electron chi connectivity index (χ2n) is 9.14. The average Bonchev–Trinajstić information content (AvgIpc) is 3.00. The third kappa shape index (κ3) is 2.26. The van der Waals surface area contributed by atoms with Gasteiger partial charge in [0.15, 0.2) is 11.6 Å². The molecule has 0 spiro atoms. The Labute approximate surface area is 153 Å². The molecule has 5 nitrogen and oxygen atoms in total. The van der Waals surface area contributed by atoms with Gasteiger partial charge >= 0.3 is 0 Å². The molecule has 0 amide bonds. The number of aliphatic hydroxyl groups excluding tert-OH is 2. The first-order chi connectivity index (χ1) is 12.4. The Kier molecular flexibility index (Phi) is 4.23. The standard InChI is InChI=1S/C21H28O5/c1-20-7-6-13(24)8-12(20)2-3-14-15-4-5-16(18(26)10-22)21(15,11-23)9-17(25)19(14)20/h8,11,14-17,19,22,25H,2-7,9-10H2,1H3/t14-,15-,16-,17-,19+,20-,21+/m0/s1. The van der Waals surface area contributed by atoms with Gasteiger partial charge in [-0.25, -0.2) is 0 Å². The van der Waals surface area contributed by atoms with Crippen LogP contribution in [-0.4, -0.2) is 40.8 Å². The number of Topliss-reactive ketones (excluding diaryl/α,β-unsaturated/α-hetero) is 1. The van der Waals surface area contributed by atoms with Crippen molar-refractivity contribution >= 4 is 17.9 Å². The minimum absolute atomic E-state index is 0.0386. The van der Waals surface area contributed by atoms with E-state index in [9.17, 15) is 24.6 Å². The van der Waals surface area contributed by atoms with E-state index in [-0.39, 0.29) is 34.7 Å². The average molecular weight is 360 g/mol. The molecule has 0 heterocycles. The van der Waals surface area contributed by atoms with Gasteiger partial charge in [-0.2, -0.15) is 0 Å². The van der Waals surface area contributed by atoms with Crippen LogP contribution >= 0.6 is 0 Å². The van der Waals surface area contributed by atoms with Crippen LogP contribution in [-0.2, 0) is 14.4 Å². The van der Waals surface area contributed by atoms with Crippen LogP contribution in [0.3, 0.4) is 0 Å². The van der Waals surface area contributed by atoms with Gasteiger partial charge in [-0.05, 0) is 67.8 Å². The summed E-state index contributed by atoms with van der Waals surface area (Å²) >= 11 is 0. The Morgan fingerprint density at radius 2 is 2.08 bits per heavy atom. The van der Waals surface area contributed by atoms with E-state index in [0.29, 0.717) is 19.3 Å². The summed E-state index contributed by atoms with van der Waals surface area (Å²) in [6, 6.07) is 0. The van der Waals surface area contributed by atoms with Crippen LogP contribution in [0.2, 0.25) is 0 Å². The summed E-state index contributed by atoms with van der Waals surface area (Å²) in [5, 5.41) is 20.5. The SMILES string of the molecule is C[C@]12CCC(=O)C=C1CC[C@@H]1[C@@H]2[C@@H](O)C[C@]2(C=O)[C@H](C(=O)CO)CC[C@@H]12. The maximum atomic E-state index is 12.3. The zero-order valence-electron chi connectivity index (χ0n) is 15.3. The van der Waals surface area contributed by atoms with Crippen LogP contribution in [0.1, 0.15) is 51.9 Å². The fraction of sp³-hybridized carbons (Fsp3) is 0.762. The maximum Gasteiger partial charge on any atom is 0.162 e. The van der Waals surface area contributed by atoms with Crippen LogP contribution in [0.4, 0.5) is 0 Å². The Morgan fingerprint density at radius 3 is 2.77 bits per heavy atom. The van der Waals surface area contributed by atoms with Crippen molar-refractivity contribution in [2.45, 2.75) is 58.0 Å². The molecule has 4 aliphatic rings. The van der Waals surface area contributed by atoms with Gasteiger partial charge in [0.1, 0.15) is 12.9 Å². The highest BCUT2D eigenvalue weighted by Crippen LogP contribution is 2.66. The minimum atomic E-state index is -0.831. The number of carbonyl (C=O) groups excluding carboxylic acids is 3. The lowest BCUT2D eigenvalue weighted by Gasteiger charge is -2.59. The first-order valence-electron chi connectivity index (χ1n) is 9.89. The predicted molar refractivity (Wildman–Crippen MR) is 94.1 cm³/mol. The molecule has 0 aliphatic heterocycles. The predicted octanol–water partition coefficient (Wildman–Crippen LogP) is 1.85. The highest BCUT2D eigenvalue weighted by atomic mass is 16.3. The van der Waals surface area contributed by atoms with Crippen molar-refractivity contribution in [1.29, 1.82) is 0 Å². The Balaban J connectivity index is 1.74. The summed E-state index contributed by atoms with van der Waals surface area (Å²) in [4.78, 5) is 36.4. The van der Waals surface area contributed by atoms with Gasteiger partial charge < -0.3 is 15.0 Å². The van der Waals surface area contributed by atoms with Crippen molar-refractivity contribution in [3.8, 4) is 0 Å². The Hall–Kier alpha value is -1.33. The van der Waals surface area contributed by atoms with Crippen molar-refractivity contribution in [3.05, 3.63) is 11.6 Å². The van der Waals surface area contributed by atoms with E-state index in [1.165, 1.54) is 0 Å². The Bertz CT molecular complexity index is 682. The van der Waals surface area contributed by atoms with Crippen LogP contribution < -0.4 is 0 Å². The third-order valence-corrected chi connectivity index (χ3v) is 8.27. The molecule has 2 N–H and O–H groups in total. The highest BCUT2D eigenvalue weighted by Gasteiger charge is 2.64. The molecular weight excluding hydrogens is 332 g/mol. The lowest BCUT2D eigenvalue weighted by Crippen LogP contribution is -2.58. The van der Waals surface area contributed by atoms with E-state index >= 15 is 0 Å². The van der Waals surface area contributed by atoms with Crippen LogP contribution in [0.15, 0.2) is 11.6 Å². The normalized spacial score (nSPS) is 47.4. The zero-order valence-corrected chi connectivity index (χ0v) is 15.3. The minimum Gasteiger partial charge on any atom is -0.393 e. The number of hydrogen-bond acceptors (Lipinski definition) is 5. The second-order valence-corrected chi connectivity index (χ2v) is 9.14. The molecule has 5 heteroatoms. The summed E-state index contributed by atoms with van der Waals surface area (Å²) in [7, 11) is 0. The third-order valence-electron chi connectivity index (χ3n) is 8.27. The van der Waals surface area contributed by atoms with Gasteiger partial charge in [0, 0.05) is 17.8 Å². The van der Waals surface area contributed by atoms with E-state index < -0.39 is 24.0 Å². The fourth-order valence-corrected chi connectivity index (χ4v) is 7.18. The van der Waals surface area contributed by atoms with Gasteiger partial charge in [0.25, 0.3) is 0 Å². The molecule has 0 aromatic rings. The smallest absolute Gasteiger partial charge is 0.162 e. The molecule has 4 aliphatic carbocycles. The van der Waals surface area contributed by atoms with Gasteiger partial charge in [-0.1, -0.05) is 12.5 Å². The van der Waals surface area contributed by atoms with Crippen molar-refractivity contribution < 1.29 is 24.6 Å². The molecule has 3 fully saturated rings. The van der Waals surface area contributed by atoms with Gasteiger partial charge in [-0.3, -0.25) is 9.59 Å². The quantitative estimate of drug-likeness (QED) is 0.750. The van der Waals surface area contributed by atoms with E-state index in [2.05, 4.69) is 6.92 Å². The zero-order chi connectivity index (χ0) is 18.7. The molecule has 4 rings (SSSR count). The molecule has 0 aromatic heterocycles. The lowest BCUT2D eigenvalue weighted by molar-refractivity contribution is -0.157. The number of allylic oxidation sites excluding steroid dienone is 1. The summed E-state index contributed by atoms with van der Waals surface area (Å²) < 4.78 is 0. The van der Waals surface area contributed by atoms with Crippen LogP contribution in [0.25, 0.3) is 0 Å². The summed E-state index contributed by atoms with van der Waals surface area (Å²) in [6.07, 6.45) is 6.75. The molecule has 142 valence electrons. The molecule has 0 bridgehead atoms. The van der Waals surface area contributed by atoms with Crippen molar-refractivity contribution in [2.75, 3.05) is 6.61 Å².